The molecule has 0 radical (unpaired) electrons. The molecule has 2 aromatic rings. The standard InChI is InChI=1S/C11H11ClN4O2/c1-7(11-13-5-6-14-11)15-10-8(12)3-2-4-9(10)16(17)18/h2-7,15H,1H3,(H,13,14). The van der Waals surface area contributed by atoms with Crippen molar-refractivity contribution in [1.82, 2.24) is 9.97 Å². The molecule has 2 N–H and O–H groups in total. The Bertz CT molecular complexity index is 556. The molecule has 0 bridgehead atoms. The lowest BCUT2D eigenvalue weighted by molar-refractivity contribution is -0.384. The zero-order chi connectivity index (χ0) is 13.1. The van der Waals surface area contributed by atoms with Gasteiger partial charge in [0.25, 0.3) is 5.69 Å². The molecule has 1 unspecified atom stereocenters. The summed E-state index contributed by atoms with van der Waals surface area (Å²) in [4.78, 5) is 17.5. The van der Waals surface area contributed by atoms with Gasteiger partial charge in [-0.3, -0.25) is 10.1 Å². The number of imidazole rings is 1. The Morgan fingerprint density at radius 1 is 1.56 bits per heavy atom. The van der Waals surface area contributed by atoms with Crippen LogP contribution < -0.4 is 5.32 Å². The molecule has 1 aromatic heterocycles. The minimum atomic E-state index is -0.469. The number of nitro benzene ring substituents is 1. The Morgan fingerprint density at radius 3 is 2.94 bits per heavy atom. The van der Waals surface area contributed by atoms with Crippen molar-refractivity contribution >= 4 is 23.0 Å². The molecular weight excluding hydrogens is 256 g/mol. The quantitative estimate of drug-likeness (QED) is 0.658. The molecule has 1 atom stereocenters. The van der Waals surface area contributed by atoms with Gasteiger partial charge in [0, 0.05) is 18.5 Å². The van der Waals surface area contributed by atoms with Crippen molar-refractivity contribution in [1.29, 1.82) is 0 Å². The van der Waals surface area contributed by atoms with Crippen molar-refractivity contribution in [2.45, 2.75) is 13.0 Å². The largest absolute Gasteiger partial charge is 0.369 e. The summed E-state index contributed by atoms with van der Waals surface area (Å²) in [5.41, 5.74) is 0.244. The number of para-hydroxylation sites is 1. The van der Waals surface area contributed by atoms with E-state index in [-0.39, 0.29) is 11.7 Å². The molecule has 0 fully saturated rings. The highest BCUT2D eigenvalue weighted by molar-refractivity contribution is 6.33. The first-order valence-corrected chi connectivity index (χ1v) is 5.66. The van der Waals surface area contributed by atoms with Crippen molar-refractivity contribution in [2.24, 2.45) is 0 Å². The van der Waals surface area contributed by atoms with Gasteiger partial charge in [-0.15, -0.1) is 0 Å². The molecular formula is C11H11ClN4O2. The molecule has 18 heavy (non-hydrogen) atoms. The minimum Gasteiger partial charge on any atom is -0.369 e. The van der Waals surface area contributed by atoms with E-state index in [2.05, 4.69) is 15.3 Å². The summed E-state index contributed by atoms with van der Waals surface area (Å²) >= 11 is 5.98. The number of hydrogen-bond donors (Lipinski definition) is 2. The summed E-state index contributed by atoms with van der Waals surface area (Å²) in [5, 5.41) is 14.2. The minimum absolute atomic E-state index is 0.0547. The van der Waals surface area contributed by atoms with Crippen LogP contribution in [0.2, 0.25) is 5.02 Å². The maximum absolute atomic E-state index is 10.9. The van der Waals surface area contributed by atoms with E-state index in [1.165, 1.54) is 6.07 Å². The molecule has 0 aliphatic carbocycles. The maximum atomic E-state index is 10.9. The smallest absolute Gasteiger partial charge is 0.293 e. The van der Waals surface area contributed by atoms with E-state index in [0.717, 1.165) is 0 Å². The molecule has 1 heterocycles. The monoisotopic (exact) mass is 266 g/mol. The number of aromatic nitrogens is 2. The fourth-order valence-corrected chi connectivity index (χ4v) is 1.83. The van der Waals surface area contributed by atoms with E-state index in [0.29, 0.717) is 16.5 Å². The number of aromatic amines is 1. The molecule has 7 heteroatoms. The summed E-state index contributed by atoms with van der Waals surface area (Å²) < 4.78 is 0. The number of nitro groups is 1. The van der Waals surface area contributed by atoms with Crippen LogP contribution in [0.4, 0.5) is 11.4 Å². The van der Waals surface area contributed by atoms with Gasteiger partial charge in [-0.2, -0.15) is 0 Å². The van der Waals surface area contributed by atoms with Crippen molar-refractivity contribution < 1.29 is 4.92 Å². The average molecular weight is 267 g/mol. The number of hydrogen-bond acceptors (Lipinski definition) is 4. The number of nitrogens with zero attached hydrogens (tertiary/aromatic N) is 2. The molecule has 0 aliphatic heterocycles. The van der Waals surface area contributed by atoms with Crippen LogP contribution in [-0.2, 0) is 0 Å². The Labute approximate surface area is 108 Å². The van der Waals surface area contributed by atoms with Gasteiger partial charge in [-0.1, -0.05) is 17.7 Å². The molecule has 94 valence electrons. The normalized spacial score (nSPS) is 12.1. The first kappa shape index (κ1) is 12.4. The Balaban J connectivity index is 2.31. The van der Waals surface area contributed by atoms with Crippen LogP contribution in [0.15, 0.2) is 30.6 Å². The van der Waals surface area contributed by atoms with Gasteiger partial charge in [0.2, 0.25) is 0 Å². The third kappa shape index (κ3) is 2.43. The Hall–Kier alpha value is -2.08. The number of nitrogens with one attached hydrogen (secondary N) is 2. The first-order chi connectivity index (χ1) is 8.59. The highest BCUT2D eigenvalue weighted by atomic mass is 35.5. The van der Waals surface area contributed by atoms with E-state index >= 15 is 0 Å². The molecule has 0 saturated heterocycles. The topological polar surface area (TPSA) is 83.8 Å². The summed E-state index contributed by atoms with van der Waals surface area (Å²) in [5.74, 6) is 0.684. The number of anilines is 1. The molecule has 1 aromatic carbocycles. The lowest BCUT2D eigenvalue weighted by Gasteiger charge is -2.14. The maximum Gasteiger partial charge on any atom is 0.293 e. The van der Waals surface area contributed by atoms with Crippen molar-refractivity contribution in [3.63, 3.8) is 0 Å². The average Bonchev–Trinajstić information content (AvgIpc) is 2.85. The predicted octanol–water partition coefficient (Wildman–Crippen LogP) is 3.14. The van der Waals surface area contributed by atoms with E-state index in [1.54, 1.807) is 24.5 Å². The first-order valence-electron chi connectivity index (χ1n) is 5.28. The summed E-state index contributed by atoms with van der Waals surface area (Å²) in [6.45, 7) is 1.84. The summed E-state index contributed by atoms with van der Waals surface area (Å²) in [6, 6.07) is 4.34. The lowest BCUT2D eigenvalue weighted by atomic mass is 10.2. The second kappa shape index (κ2) is 5.05. The van der Waals surface area contributed by atoms with Crippen molar-refractivity contribution in [3.8, 4) is 0 Å². The van der Waals surface area contributed by atoms with Crippen LogP contribution in [-0.4, -0.2) is 14.9 Å². The highest BCUT2D eigenvalue weighted by Gasteiger charge is 2.19. The second-order valence-corrected chi connectivity index (χ2v) is 4.14. The lowest BCUT2D eigenvalue weighted by Crippen LogP contribution is -2.10. The third-order valence-corrected chi connectivity index (χ3v) is 2.79. The van der Waals surface area contributed by atoms with Gasteiger partial charge in [0.05, 0.1) is 16.0 Å². The van der Waals surface area contributed by atoms with Crippen LogP contribution in [0.1, 0.15) is 18.8 Å². The number of halogens is 1. The van der Waals surface area contributed by atoms with Crippen LogP contribution in [0.5, 0.6) is 0 Å². The third-order valence-electron chi connectivity index (χ3n) is 2.48. The summed E-state index contributed by atoms with van der Waals surface area (Å²) in [7, 11) is 0. The number of rotatable bonds is 4. The Morgan fingerprint density at radius 2 is 2.33 bits per heavy atom. The van der Waals surface area contributed by atoms with Gasteiger partial charge in [0.1, 0.15) is 11.5 Å². The van der Waals surface area contributed by atoms with Gasteiger partial charge < -0.3 is 10.3 Å². The Kier molecular flexibility index (Phi) is 3.47. The molecule has 0 amide bonds. The molecule has 0 saturated carbocycles. The van der Waals surface area contributed by atoms with Gasteiger partial charge in [-0.05, 0) is 13.0 Å². The van der Waals surface area contributed by atoms with E-state index < -0.39 is 4.92 Å². The highest BCUT2D eigenvalue weighted by Crippen LogP contribution is 2.34. The molecule has 6 nitrogen and oxygen atoms in total. The summed E-state index contributed by atoms with van der Waals surface area (Å²) in [6.07, 6.45) is 3.31. The predicted molar refractivity (Wildman–Crippen MR) is 68.7 cm³/mol. The van der Waals surface area contributed by atoms with Gasteiger partial charge in [-0.25, -0.2) is 4.98 Å². The van der Waals surface area contributed by atoms with Gasteiger partial charge in [0.15, 0.2) is 0 Å². The number of H-pyrrole nitrogens is 1. The molecule has 0 spiro atoms. The van der Waals surface area contributed by atoms with E-state index in [1.807, 2.05) is 6.92 Å². The molecule has 2 rings (SSSR count). The molecule has 0 aliphatic rings. The van der Waals surface area contributed by atoms with E-state index in [4.69, 9.17) is 11.6 Å². The SMILES string of the molecule is CC(Nc1c(Cl)cccc1[N+](=O)[O-])c1ncc[nH]1. The fourth-order valence-electron chi connectivity index (χ4n) is 1.61. The fraction of sp³-hybridized carbons (Fsp3) is 0.182. The zero-order valence-corrected chi connectivity index (χ0v) is 10.3. The zero-order valence-electron chi connectivity index (χ0n) is 9.55. The van der Waals surface area contributed by atoms with Crippen molar-refractivity contribution in [3.05, 3.63) is 51.6 Å². The van der Waals surface area contributed by atoms with Gasteiger partial charge >= 0.3 is 0 Å². The van der Waals surface area contributed by atoms with Crippen LogP contribution in [0.3, 0.4) is 0 Å². The second-order valence-electron chi connectivity index (χ2n) is 3.73. The number of benzene rings is 1. The van der Waals surface area contributed by atoms with E-state index in [9.17, 15) is 10.1 Å². The van der Waals surface area contributed by atoms with Crippen LogP contribution >= 0.6 is 11.6 Å². The van der Waals surface area contributed by atoms with Crippen LogP contribution in [0.25, 0.3) is 0 Å². The van der Waals surface area contributed by atoms with Crippen molar-refractivity contribution in [2.75, 3.05) is 5.32 Å². The van der Waals surface area contributed by atoms with Crippen LogP contribution in [0, 0.1) is 10.1 Å².